The maximum Gasteiger partial charge on any atom is 0.317 e. The molecule has 122 valence electrons. The summed E-state index contributed by atoms with van der Waals surface area (Å²) in [5, 5.41) is 7.07. The molecule has 1 aliphatic rings. The number of ether oxygens (including phenoxy) is 1. The highest BCUT2D eigenvalue weighted by molar-refractivity contribution is 7.07. The van der Waals surface area contributed by atoms with Gasteiger partial charge in [-0.2, -0.15) is 11.3 Å². The van der Waals surface area contributed by atoms with Crippen molar-refractivity contribution in [2.45, 2.75) is 32.6 Å². The molecule has 6 heteroatoms. The van der Waals surface area contributed by atoms with E-state index < -0.39 is 0 Å². The molecule has 3 heterocycles. The molecule has 0 bridgehead atoms. The number of pyridine rings is 1. The molecule has 0 aliphatic carbocycles. The highest BCUT2D eigenvalue weighted by atomic mass is 32.1. The van der Waals surface area contributed by atoms with Crippen LogP contribution in [0.4, 0.5) is 4.79 Å². The first-order chi connectivity index (χ1) is 11.1. The fourth-order valence-corrected chi connectivity index (χ4v) is 3.44. The van der Waals surface area contributed by atoms with E-state index in [0.717, 1.165) is 17.0 Å². The average molecular weight is 331 g/mol. The lowest BCUT2D eigenvalue weighted by molar-refractivity contribution is -0.0655. The van der Waals surface area contributed by atoms with Crippen LogP contribution in [0, 0.1) is 6.92 Å². The van der Waals surface area contributed by atoms with Crippen LogP contribution in [0.3, 0.4) is 0 Å². The molecule has 1 saturated heterocycles. The topological polar surface area (TPSA) is 54.5 Å². The van der Waals surface area contributed by atoms with Crippen LogP contribution in [-0.2, 0) is 11.3 Å². The van der Waals surface area contributed by atoms with Crippen LogP contribution in [0.2, 0.25) is 0 Å². The highest BCUT2D eigenvalue weighted by Gasteiger charge is 2.29. The first-order valence-corrected chi connectivity index (χ1v) is 8.69. The molecule has 2 amide bonds. The normalized spacial score (nSPS) is 21.2. The minimum atomic E-state index is -0.0660. The van der Waals surface area contributed by atoms with Gasteiger partial charge in [-0.25, -0.2) is 4.79 Å². The molecule has 0 unspecified atom stereocenters. The molecular weight excluding hydrogens is 310 g/mol. The number of nitrogens with one attached hydrogen (secondary N) is 1. The Morgan fingerprint density at radius 1 is 1.43 bits per heavy atom. The molecule has 3 rings (SSSR count). The van der Waals surface area contributed by atoms with E-state index in [0.29, 0.717) is 19.6 Å². The zero-order chi connectivity index (χ0) is 16.2. The van der Waals surface area contributed by atoms with Gasteiger partial charge >= 0.3 is 6.03 Å². The Labute approximate surface area is 140 Å². The summed E-state index contributed by atoms with van der Waals surface area (Å²) in [7, 11) is 0. The maximum atomic E-state index is 12.5. The summed E-state index contributed by atoms with van der Waals surface area (Å²) in [4.78, 5) is 18.7. The van der Waals surface area contributed by atoms with Crippen LogP contribution in [0.5, 0.6) is 0 Å². The van der Waals surface area contributed by atoms with Gasteiger partial charge in [0.1, 0.15) is 6.10 Å². The van der Waals surface area contributed by atoms with Crippen molar-refractivity contribution in [1.29, 1.82) is 0 Å². The Kier molecular flexibility index (Phi) is 4.93. The maximum absolute atomic E-state index is 12.5. The Balaban J connectivity index is 1.60. The van der Waals surface area contributed by atoms with Crippen molar-refractivity contribution in [3.63, 3.8) is 0 Å². The largest absolute Gasteiger partial charge is 0.367 e. The zero-order valence-corrected chi connectivity index (χ0v) is 14.2. The number of hydrogen-bond donors (Lipinski definition) is 1. The molecule has 23 heavy (non-hydrogen) atoms. The van der Waals surface area contributed by atoms with Gasteiger partial charge in [-0.1, -0.05) is 6.07 Å². The van der Waals surface area contributed by atoms with Gasteiger partial charge in [-0.3, -0.25) is 4.98 Å². The summed E-state index contributed by atoms with van der Waals surface area (Å²) in [6, 6.07) is 7.81. The fourth-order valence-electron chi connectivity index (χ4n) is 2.74. The summed E-state index contributed by atoms with van der Waals surface area (Å²) in [5.74, 6) is 0. The van der Waals surface area contributed by atoms with Crippen LogP contribution in [0.15, 0.2) is 35.0 Å². The third-order valence-corrected chi connectivity index (χ3v) is 4.53. The Morgan fingerprint density at radius 3 is 3.04 bits per heavy atom. The van der Waals surface area contributed by atoms with Gasteiger partial charge in [0, 0.05) is 12.2 Å². The van der Waals surface area contributed by atoms with E-state index in [1.54, 1.807) is 11.3 Å². The number of aromatic nitrogens is 1. The Hall–Kier alpha value is -1.92. The summed E-state index contributed by atoms with van der Waals surface area (Å²) >= 11 is 1.65. The molecule has 1 N–H and O–H groups in total. The Bertz CT molecular complexity index is 660. The molecular formula is C17H21N3O2S. The van der Waals surface area contributed by atoms with E-state index in [1.165, 1.54) is 0 Å². The number of carbonyl (C=O) groups excluding carboxylic acids is 1. The first kappa shape index (κ1) is 16.0. The van der Waals surface area contributed by atoms with E-state index in [-0.39, 0.29) is 18.2 Å². The van der Waals surface area contributed by atoms with Crippen molar-refractivity contribution in [3.05, 3.63) is 52.0 Å². The van der Waals surface area contributed by atoms with Crippen LogP contribution < -0.4 is 5.32 Å². The number of amides is 2. The zero-order valence-electron chi connectivity index (χ0n) is 13.4. The molecule has 2 aromatic rings. The number of carbonyl (C=O) groups is 1. The van der Waals surface area contributed by atoms with Gasteiger partial charge in [0.25, 0.3) is 0 Å². The monoisotopic (exact) mass is 331 g/mol. The predicted octanol–water partition coefficient (Wildman–Crippen LogP) is 3.12. The quantitative estimate of drug-likeness (QED) is 0.940. The van der Waals surface area contributed by atoms with Gasteiger partial charge in [-0.05, 0) is 48.4 Å². The minimum absolute atomic E-state index is 0.0245. The van der Waals surface area contributed by atoms with Gasteiger partial charge in [0.15, 0.2) is 0 Å². The number of rotatable bonds is 3. The molecule has 5 nitrogen and oxygen atoms in total. The minimum Gasteiger partial charge on any atom is -0.367 e. The van der Waals surface area contributed by atoms with Crippen LogP contribution in [0.25, 0.3) is 0 Å². The number of morpholine rings is 1. The molecule has 0 radical (unpaired) electrons. The summed E-state index contributed by atoms with van der Waals surface area (Å²) < 4.78 is 5.96. The summed E-state index contributed by atoms with van der Waals surface area (Å²) in [6.07, 6.45) is -0.0238. The lowest BCUT2D eigenvalue weighted by Gasteiger charge is -2.36. The second kappa shape index (κ2) is 7.10. The molecule has 1 aliphatic heterocycles. The van der Waals surface area contributed by atoms with Gasteiger partial charge in [-0.15, -0.1) is 0 Å². The fraction of sp³-hybridized carbons (Fsp3) is 0.412. The molecule has 0 saturated carbocycles. The molecule has 0 spiro atoms. The molecule has 2 atom stereocenters. The van der Waals surface area contributed by atoms with Crippen molar-refractivity contribution >= 4 is 17.4 Å². The van der Waals surface area contributed by atoms with E-state index in [2.05, 4.69) is 21.7 Å². The lowest BCUT2D eigenvalue weighted by atomic mass is 10.1. The van der Waals surface area contributed by atoms with Gasteiger partial charge < -0.3 is 15.0 Å². The molecule has 1 fully saturated rings. The second-order valence-corrected chi connectivity index (χ2v) is 6.61. The summed E-state index contributed by atoms with van der Waals surface area (Å²) in [5.41, 5.74) is 2.96. The van der Waals surface area contributed by atoms with E-state index in [1.807, 2.05) is 42.3 Å². The van der Waals surface area contributed by atoms with Gasteiger partial charge in [0.05, 0.1) is 24.9 Å². The Morgan fingerprint density at radius 2 is 2.30 bits per heavy atom. The van der Waals surface area contributed by atoms with E-state index in [9.17, 15) is 4.79 Å². The van der Waals surface area contributed by atoms with E-state index >= 15 is 0 Å². The van der Waals surface area contributed by atoms with Crippen LogP contribution in [-0.4, -0.2) is 35.1 Å². The number of urea groups is 1. The highest BCUT2D eigenvalue weighted by Crippen LogP contribution is 2.26. The summed E-state index contributed by atoms with van der Waals surface area (Å²) in [6.45, 7) is 5.57. The van der Waals surface area contributed by atoms with E-state index in [4.69, 9.17) is 4.74 Å². The van der Waals surface area contributed by atoms with Crippen molar-refractivity contribution in [2.24, 2.45) is 0 Å². The lowest BCUT2D eigenvalue weighted by Crippen LogP contribution is -2.49. The molecule has 0 aromatic carbocycles. The average Bonchev–Trinajstić information content (AvgIpc) is 3.06. The van der Waals surface area contributed by atoms with Crippen LogP contribution in [0.1, 0.15) is 30.0 Å². The smallest absolute Gasteiger partial charge is 0.317 e. The molecule has 2 aromatic heterocycles. The number of thiophene rings is 1. The van der Waals surface area contributed by atoms with Crippen molar-refractivity contribution in [1.82, 2.24) is 15.2 Å². The number of aryl methyl sites for hydroxylation is 1. The first-order valence-electron chi connectivity index (χ1n) is 7.74. The van der Waals surface area contributed by atoms with Gasteiger partial charge in [0.2, 0.25) is 0 Å². The SMILES string of the molecule is Cc1cccc(CNC(=O)N2C[C@@H](C)O[C@@H](c3ccsc3)C2)n1. The number of nitrogens with zero attached hydrogens (tertiary/aromatic N) is 2. The van der Waals surface area contributed by atoms with Crippen molar-refractivity contribution in [2.75, 3.05) is 13.1 Å². The van der Waals surface area contributed by atoms with Crippen molar-refractivity contribution < 1.29 is 9.53 Å². The number of hydrogen-bond acceptors (Lipinski definition) is 4. The van der Waals surface area contributed by atoms with Crippen molar-refractivity contribution in [3.8, 4) is 0 Å². The third-order valence-electron chi connectivity index (χ3n) is 3.83. The second-order valence-electron chi connectivity index (χ2n) is 5.83. The standard InChI is InChI=1S/C17H21N3O2S/c1-12-4-3-5-15(19-12)8-18-17(21)20-9-13(2)22-16(10-20)14-6-7-23-11-14/h3-7,11,13,16H,8-10H2,1-2H3,(H,18,21)/t13-,16-/m1/s1. The predicted molar refractivity (Wildman–Crippen MR) is 90.4 cm³/mol. The third kappa shape index (κ3) is 4.09. The van der Waals surface area contributed by atoms with Crippen LogP contribution >= 0.6 is 11.3 Å².